The highest BCUT2D eigenvalue weighted by Crippen LogP contribution is 2.23. The van der Waals surface area contributed by atoms with Crippen molar-refractivity contribution in [2.24, 2.45) is 11.7 Å². The first-order chi connectivity index (χ1) is 9.02. The second-order valence-electron chi connectivity index (χ2n) is 5.17. The molecule has 3 N–H and O–H groups in total. The SMILES string of the molecule is COC(=O)C(N)CSCC(=O)NC1CCC(C)CC1. The summed E-state index contributed by atoms with van der Waals surface area (Å²) in [5, 5.41) is 3.04. The molecule has 1 saturated carbocycles. The maximum Gasteiger partial charge on any atom is 0.323 e. The van der Waals surface area contributed by atoms with Crippen LogP contribution in [0, 0.1) is 5.92 Å². The lowest BCUT2D eigenvalue weighted by Gasteiger charge is -2.26. The van der Waals surface area contributed by atoms with Crippen molar-refractivity contribution in [1.29, 1.82) is 0 Å². The number of nitrogens with one attached hydrogen (secondary N) is 1. The molecule has 0 heterocycles. The molecule has 0 saturated heterocycles. The Hall–Kier alpha value is -0.750. The topological polar surface area (TPSA) is 81.4 Å². The Morgan fingerprint density at radius 3 is 2.58 bits per heavy atom. The van der Waals surface area contributed by atoms with Crippen molar-refractivity contribution in [3.63, 3.8) is 0 Å². The predicted octanol–water partition coefficient (Wildman–Crippen LogP) is 0.915. The van der Waals surface area contributed by atoms with Gasteiger partial charge in [0.1, 0.15) is 6.04 Å². The summed E-state index contributed by atoms with van der Waals surface area (Å²) in [6.45, 7) is 2.25. The summed E-state index contributed by atoms with van der Waals surface area (Å²) in [5.41, 5.74) is 5.59. The fourth-order valence-corrected chi connectivity index (χ4v) is 2.95. The lowest BCUT2D eigenvalue weighted by Crippen LogP contribution is -2.39. The van der Waals surface area contributed by atoms with E-state index in [0.29, 0.717) is 17.5 Å². The van der Waals surface area contributed by atoms with Crippen LogP contribution in [-0.2, 0) is 14.3 Å². The van der Waals surface area contributed by atoms with Gasteiger partial charge in [0.25, 0.3) is 0 Å². The third-order valence-corrected chi connectivity index (χ3v) is 4.48. The third kappa shape index (κ3) is 6.29. The first-order valence-corrected chi connectivity index (χ1v) is 7.89. The molecule has 0 spiro atoms. The predicted molar refractivity (Wildman–Crippen MR) is 76.9 cm³/mol. The molecule has 5 nitrogen and oxygen atoms in total. The molecule has 1 atom stereocenters. The van der Waals surface area contributed by atoms with E-state index in [4.69, 9.17) is 5.73 Å². The molecule has 0 aromatic heterocycles. The minimum atomic E-state index is -0.654. The van der Waals surface area contributed by atoms with E-state index < -0.39 is 12.0 Å². The van der Waals surface area contributed by atoms with Gasteiger partial charge in [0, 0.05) is 11.8 Å². The van der Waals surface area contributed by atoms with E-state index in [2.05, 4.69) is 17.0 Å². The fraction of sp³-hybridized carbons (Fsp3) is 0.846. The van der Waals surface area contributed by atoms with E-state index in [0.717, 1.165) is 18.8 Å². The van der Waals surface area contributed by atoms with E-state index in [1.165, 1.54) is 31.7 Å². The Labute approximate surface area is 119 Å². The van der Waals surface area contributed by atoms with Crippen molar-refractivity contribution >= 4 is 23.6 Å². The fourth-order valence-electron chi connectivity index (χ4n) is 2.17. The number of methoxy groups -OCH3 is 1. The number of carbonyl (C=O) groups excluding carboxylic acids is 2. The first-order valence-electron chi connectivity index (χ1n) is 6.73. The van der Waals surface area contributed by atoms with Crippen LogP contribution in [0.2, 0.25) is 0 Å². The summed E-state index contributed by atoms with van der Waals surface area (Å²) < 4.78 is 4.52. The highest BCUT2D eigenvalue weighted by Gasteiger charge is 2.20. The van der Waals surface area contributed by atoms with E-state index in [1.54, 1.807) is 0 Å². The van der Waals surface area contributed by atoms with E-state index in [-0.39, 0.29) is 5.91 Å². The molecule has 1 fully saturated rings. The number of amides is 1. The molecule has 110 valence electrons. The van der Waals surface area contributed by atoms with Crippen molar-refractivity contribution in [3.05, 3.63) is 0 Å². The Balaban J connectivity index is 2.13. The van der Waals surface area contributed by atoms with Crippen LogP contribution in [0.15, 0.2) is 0 Å². The number of ether oxygens (including phenoxy) is 1. The second-order valence-corrected chi connectivity index (χ2v) is 6.20. The zero-order valence-electron chi connectivity index (χ0n) is 11.7. The first kappa shape index (κ1) is 16.3. The zero-order valence-corrected chi connectivity index (χ0v) is 12.5. The standard InChI is InChI=1S/C13H24N2O3S/c1-9-3-5-10(6-4-9)15-12(16)8-19-7-11(14)13(17)18-2/h9-11H,3-8,14H2,1-2H3,(H,15,16). The molecule has 1 unspecified atom stereocenters. The Morgan fingerprint density at radius 1 is 1.37 bits per heavy atom. The summed E-state index contributed by atoms with van der Waals surface area (Å²) in [6.07, 6.45) is 4.51. The Bertz CT molecular complexity index is 304. The molecule has 6 heteroatoms. The van der Waals surface area contributed by atoms with Crippen molar-refractivity contribution in [1.82, 2.24) is 5.32 Å². The minimum Gasteiger partial charge on any atom is -0.468 e. The number of hydrogen-bond acceptors (Lipinski definition) is 5. The quantitative estimate of drug-likeness (QED) is 0.710. The molecule has 0 radical (unpaired) electrons. The largest absolute Gasteiger partial charge is 0.468 e. The normalized spacial score (nSPS) is 24.6. The highest BCUT2D eigenvalue weighted by atomic mass is 32.2. The molecule has 0 aromatic carbocycles. The third-order valence-electron chi connectivity index (χ3n) is 3.42. The maximum atomic E-state index is 11.7. The van der Waals surface area contributed by atoms with Gasteiger partial charge < -0.3 is 15.8 Å². The summed E-state index contributed by atoms with van der Waals surface area (Å²) in [4.78, 5) is 22.8. The van der Waals surface area contributed by atoms with Crippen LogP contribution in [0.1, 0.15) is 32.6 Å². The summed E-state index contributed by atoms with van der Waals surface area (Å²) in [7, 11) is 1.31. The van der Waals surface area contributed by atoms with E-state index in [9.17, 15) is 9.59 Å². The van der Waals surface area contributed by atoms with Crippen LogP contribution >= 0.6 is 11.8 Å². The van der Waals surface area contributed by atoms with Gasteiger partial charge in [-0.3, -0.25) is 9.59 Å². The van der Waals surface area contributed by atoms with Crippen LogP contribution in [0.4, 0.5) is 0 Å². The van der Waals surface area contributed by atoms with Crippen LogP contribution in [0.25, 0.3) is 0 Å². The van der Waals surface area contributed by atoms with Crippen LogP contribution in [0.5, 0.6) is 0 Å². The number of nitrogens with two attached hydrogens (primary N) is 1. The van der Waals surface area contributed by atoms with Gasteiger partial charge >= 0.3 is 5.97 Å². The van der Waals surface area contributed by atoms with Gasteiger partial charge in [-0.1, -0.05) is 6.92 Å². The summed E-state index contributed by atoms with van der Waals surface area (Å²) in [6, 6.07) is -0.336. The molecular formula is C13H24N2O3S. The zero-order chi connectivity index (χ0) is 14.3. The van der Waals surface area contributed by atoms with Gasteiger partial charge in [-0.2, -0.15) is 0 Å². The van der Waals surface area contributed by atoms with Gasteiger partial charge in [0.2, 0.25) is 5.91 Å². The smallest absolute Gasteiger partial charge is 0.323 e. The average Bonchev–Trinajstić information content (AvgIpc) is 2.40. The molecule has 19 heavy (non-hydrogen) atoms. The van der Waals surface area contributed by atoms with Gasteiger partial charge in [0.15, 0.2) is 0 Å². The lowest BCUT2D eigenvalue weighted by molar-refractivity contribution is -0.141. The number of thioether (sulfide) groups is 1. The van der Waals surface area contributed by atoms with Crippen LogP contribution in [0.3, 0.4) is 0 Å². The Morgan fingerprint density at radius 2 is 2.00 bits per heavy atom. The molecule has 1 amide bonds. The molecular weight excluding hydrogens is 264 g/mol. The van der Waals surface area contributed by atoms with Crippen LogP contribution in [-0.4, -0.2) is 42.6 Å². The van der Waals surface area contributed by atoms with Crippen LogP contribution < -0.4 is 11.1 Å². The Kier molecular flexibility index (Phi) is 7.23. The van der Waals surface area contributed by atoms with E-state index >= 15 is 0 Å². The number of rotatable bonds is 6. The van der Waals surface area contributed by atoms with Crippen molar-refractivity contribution in [3.8, 4) is 0 Å². The molecule has 1 rings (SSSR count). The van der Waals surface area contributed by atoms with Gasteiger partial charge in [0.05, 0.1) is 12.9 Å². The minimum absolute atomic E-state index is 0.0293. The molecule has 0 aromatic rings. The monoisotopic (exact) mass is 288 g/mol. The van der Waals surface area contributed by atoms with Gasteiger partial charge in [-0.05, 0) is 31.6 Å². The van der Waals surface area contributed by atoms with Crippen molar-refractivity contribution < 1.29 is 14.3 Å². The average molecular weight is 288 g/mol. The van der Waals surface area contributed by atoms with Crippen molar-refractivity contribution in [2.75, 3.05) is 18.6 Å². The molecule has 0 aliphatic heterocycles. The summed E-state index contributed by atoms with van der Waals surface area (Å²) >= 11 is 1.36. The maximum absolute atomic E-state index is 11.7. The molecule has 1 aliphatic rings. The molecule has 0 bridgehead atoms. The van der Waals surface area contributed by atoms with Gasteiger partial charge in [-0.15, -0.1) is 11.8 Å². The highest BCUT2D eigenvalue weighted by molar-refractivity contribution is 8.00. The number of hydrogen-bond donors (Lipinski definition) is 2. The van der Waals surface area contributed by atoms with Crippen molar-refractivity contribution in [2.45, 2.75) is 44.7 Å². The number of carbonyl (C=O) groups is 2. The second kappa shape index (κ2) is 8.43. The molecule has 1 aliphatic carbocycles. The summed E-state index contributed by atoms with van der Waals surface area (Å²) in [5.74, 6) is 1.12. The number of esters is 1. The lowest BCUT2D eigenvalue weighted by atomic mass is 9.87. The van der Waals surface area contributed by atoms with Gasteiger partial charge in [-0.25, -0.2) is 0 Å². The van der Waals surface area contributed by atoms with E-state index in [1.807, 2.05) is 0 Å².